The number of nitrogens with zero attached hydrogens (tertiary/aromatic N) is 2. The smallest absolute Gasteiger partial charge is 0.252 e. The van der Waals surface area contributed by atoms with E-state index in [4.69, 9.17) is 4.98 Å². The molecule has 5 aromatic rings. The molecule has 0 aliphatic rings. The van der Waals surface area contributed by atoms with Gasteiger partial charge in [-0.05, 0) is 19.1 Å². The van der Waals surface area contributed by atoms with Crippen LogP contribution in [0.4, 0.5) is 0 Å². The monoisotopic (exact) mass is 396 g/mol. The molecular weight excluding hydrogens is 380 g/mol. The molecule has 0 bridgehead atoms. The Balaban J connectivity index is 1.78. The van der Waals surface area contributed by atoms with Crippen LogP contribution in [0.3, 0.4) is 0 Å². The number of ketones is 2. The molecule has 5 rings (SSSR count). The molecule has 0 amide bonds. The number of hydrogen-bond acceptors (Lipinski definition) is 4. The summed E-state index contributed by atoms with van der Waals surface area (Å²) in [6.07, 6.45) is 0. The van der Waals surface area contributed by atoms with Gasteiger partial charge in [0.2, 0.25) is 5.78 Å². The van der Waals surface area contributed by atoms with Crippen LogP contribution in [0.2, 0.25) is 0 Å². The summed E-state index contributed by atoms with van der Waals surface area (Å²) in [5.74, 6) is -1.08. The molecule has 0 atom stereocenters. The third-order valence-electron chi connectivity index (χ3n) is 4.94. The van der Waals surface area contributed by atoms with Crippen LogP contribution in [0.5, 0.6) is 0 Å². The predicted octanol–water partition coefficient (Wildman–Crippen LogP) is 5.59. The molecule has 0 aliphatic heterocycles. The number of aryl methyl sites for hydroxylation is 1. The highest BCUT2D eigenvalue weighted by Gasteiger charge is 2.28. The number of Topliss-reactive ketones (excluding diaryl/α,β-unsaturated/α-hetero) is 2. The van der Waals surface area contributed by atoms with Gasteiger partial charge in [-0.15, -0.1) is 0 Å². The fourth-order valence-corrected chi connectivity index (χ4v) is 4.49. The fraction of sp³-hybridized carbons (Fsp3) is 0.0417. The second-order valence-electron chi connectivity index (χ2n) is 6.89. The van der Waals surface area contributed by atoms with Crippen molar-refractivity contribution in [1.82, 2.24) is 9.38 Å². The summed E-state index contributed by atoms with van der Waals surface area (Å²) < 4.78 is 2.84. The summed E-state index contributed by atoms with van der Waals surface area (Å²) >= 11 is 1.51. The molecule has 0 saturated carbocycles. The average Bonchev–Trinajstić information content (AvgIpc) is 3.30. The Kier molecular flexibility index (Phi) is 4.11. The molecule has 4 nitrogen and oxygen atoms in total. The molecule has 2 heterocycles. The molecule has 5 heteroatoms. The van der Waals surface area contributed by atoms with Crippen LogP contribution in [0.1, 0.15) is 26.4 Å². The van der Waals surface area contributed by atoms with Crippen LogP contribution in [-0.2, 0) is 0 Å². The number of carbonyl (C=O) groups excluding carboxylic acids is 2. The van der Waals surface area contributed by atoms with E-state index in [9.17, 15) is 9.59 Å². The van der Waals surface area contributed by atoms with Gasteiger partial charge in [0.1, 0.15) is 11.4 Å². The van der Waals surface area contributed by atoms with Gasteiger partial charge in [-0.2, -0.15) is 0 Å². The second kappa shape index (κ2) is 6.79. The van der Waals surface area contributed by atoms with Crippen LogP contribution < -0.4 is 0 Å². The SMILES string of the molecule is Cc1ccc(-c2nc3sc4ccccc4n3c2C(=O)C(=O)c2ccccc2)cc1. The highest BCUT2D eigenvalue weighted by atomic mass is 32.1. The Morgan fingerprint density at radius 2 is 1.52 bits per heavy atom. The first-order valence-corrected chi connectivity index (χ1v) is 10.1. The zero-order valence-corrected chi connectivity index (χ0v) is 16.4. The number of carbonyl (C=O) groups is 2. The maximum absolute atomic E-state index is 13.4. The Hall–Kier alpha value is -3.57. The quantitative estimate of drug-likeness (QED) is 0.294. The zero-order chi connectivity index (χ0) is 20.0. The van der Waals surface area contributed by atoms with E-state index in [1.165, 1.54) is 11.3 Å². The van der Waals surface area contributed by atoms with Gasteiger partial charge in [-0.1, -0.05) is 83.6 Å². The van der Waals surface area contributed by atoms with Crippen molar-refractivity contribution in [3.63, 3.8) is 0 Å². The van der Waals surface area contributed by atoms with Gasteiger partial charge in [0.15, 0.2) is 4.96 Å². The minimum absolute atomic E-state index is 0.315. The molecule has 0 spiro atoms. The summed E-state index contributed by atoms with van der Waals surface area (Å²) in [7, 11) is 0. The van der Waals surface area contributed by atoms with Crippen molar-refractivity contribution < 1.29 is 9.59 Å². The van der Waals surface area contributed by atoms with E-state index in [1.807, 2.05) is 65.9 Å². The number of aromatic nitrogens is 2. The largest absolute Gasteiger partial charge is 0.285 e. The Morgan fingerprint density at radius 3 is 2.28 bits per heavy atom. The number of hydrogen-bond donors (Lipinski definition) is 0. The lowest BCUT2D eigenvalue weighted by atomic mass is 10.0. The third kappa shape index (κ3) is 2.87. The van der Waals surface area contributed by atoms with E-state index < -0.39 is 11.6 Å². The maximum Gasteiger partial charge on any atom is 0.252 e. The normalized spacial score (nSPS) is 11.2. The third-order valence-corrected chi connectivity index (χ3v) is 5.96. The van der Waals surface area contributed by atoms with Gasteiger partial charge < -0.3 is 0 Å². The van der Waals surface area contributed by atoms with Crippen LogP contribution in [0.15, 0.2) is 78.9 Å². The van der Waals surface area contributed by atoms with Crippen molar-refractivity contribution in [3.05, 3.63) is 95.7 Å². The molecule has 0 radical (unpaired) electrons. The molecule has 3 aromatic carbocycles. The van der Waals surface area contributed by atoms with E-state index in [0.29, 0.717) is 21.9 Å². The van der Waals surface area contributed by atoms with Crippen LogP contribution in [0.25, 0.3) is 26.4 Å². The number of fused-ring (bicyclic) bond motifs is 3. The van der Waals surface area contributed by atoms with E-state index >= 15 is 0 Å². The molecule has 0 saturated heterocycles. The van der Waals surface area contributed by atoms with Gasteiger partial charge in [0.25, 0.3) is 5.78 Å². The van der Waals surface area contributed by atoms with Crippen molar-refractivity contribution >= 4 is 38.1 Å². The van der Waals surface area contributed by atoms with Crippen LogP contribution in [0, 0.1) is 6.92 Å². The lowest BCUT2D eigenvalue weighted by molar-refractivity contribution is 0.0814. The zero-order valence-electron chi connectivity index (χ0n) is 15.6. The lowest BCUT2D eigenvalue weighted by Crippen LogP contribution is -2.17. The first kappa shape index (κ1) is 17.5. The molecule has 0 fully saturated rings. The summed E-state index contributed by atoms with van der Waals surface area (Å²) in [6, 6.07) is 24.3. The van der Waals surface area contributed by atoms with Crippen molar-refractivity contribution in [2.24, 2.45) is 0 Å². The van der Waals surface area contributed by atoms with Gasteiger partial charge in [0, 0.05) is 11.1 Å². The summed E-state index contributed by atoms with van der Waals surface area (Å²) in [6.45, 7) is 2.01. The summed E-state index contributed by atoms with van der Waals surface area (Å²) in [5.41, 5.74) is 4.05. The van der Waals surface area contributed by atoms with E-state index in [2.05, 4.69) is 0 Å². The number of para-hydroxylation sites is 1. The van der Waals surface area contributed by atoms with Gasteiger partial charge in [0.05, 0.1) is 10.2 Å². The topological polar surface area (TPSA) is 51.4 Å². The standard InChI is InChI=1S/C24H16N2O2S/c1-15-11-13-16(14-12-15)20-21(23(28)22(27)17-7-3-2-4-8-17)26-18-9-5-6-10-19(18)29-24(26)25-20/h2-14H,1H3. The first-order valence-electron chi connectivity index (χ1n) is 9.24. The molecule has 0 N–H and O–H groups in total. The summed E-state index contributed by atoms with van der Waals surface area (Å²) in [4.78, 5) is 31.9. The van der Waals surface area contributed by atoms with E-state index in [1.54, 1.807) is 24.3 Å². The highest BCUT2D eigenvalue weighted by Crippen LogP contribution is 2.33. The second-order valence-corrected chi connectivity index (χ2v) is 7.90. The van der Waals surface area contributed by atoms with E-state index in [0.717, 1.165) is 21.3 Å². The molecule has 0 unspecified atom stereocenters. The van der Waals surface area contributed by atoms with Gasteiger partial charge in [-0.3, -0.25) is 14.0 Å². The van der Waals surface area contributed by atoms with Crippen molar-refractivity contribution in [1.29, 1.82) is 0 Å². The summed E-state index contributed by atoms with van der Waals surface area (Å²) in [5, 5.41) is 0. The van der Waals surface area contributed by atoms with Crippen LogP contribution >= 0.6 is 11.3 Å². The molecule has 2 aromatic heterocycles. The predicted molar refractivity (Wildman–Crippen MR) is 116 cm³/mol. The number of imidazole rings is 1. The number of thiazole rings is 1. The highest BCUT2D eigenvalue weighted by molar-refractivity contribution is 7.23. The van der Waals surface area contributed by atoms with Crippen LogP contribution in [-0.4, -0.2) is 21.0 Å². The lowest BCUT2D eigenvalue weighted by Gasteiger charge is -2.05. The minimum Gasteiger partial charge on any atom is -0.285 e. The molecule has 0 aliphatic carbocycles. The Morgan fingerprint density at radius 1 is 0.828 bits per heavy atom. The van der Waals surface area contributed by atoms with Crippen molar-refractivity contribution in [2.75, 3.05) is 0 Å². The maximum atomic E-state index is 13.4. The van der Waals surface area contributed by atoms with Gasteiger partial charge >= 0.3 is 0 Å². The van der Waals surface area contributed by atoms with Crippen molar-refractivity contribution in [3.8, 4) is 11.3 Å². The number of rotatable bonds is 4. The van der Waals surface area contributed by atoms with E-state index in [-0.39, 0.29) is 0 Å². The van der Waals surface area contributed by atoms with Crippen molar-refractivity contribution in [2.45, 2.75) is 6.92 Å². The average molecular weight is 396 g/mol. The minimum atomic E-state index is -0.553. The molecule has 140 valence electrons. The molecule has 29 heavy (non-hydrogen) atoms. The molecular formula is C24H16N2O2S. The first-order chi connectivity index (χ1) is 14.1. The fourth-order valence-electron chi connectivity index (χ4n) is 3.47. The Labute approximate surface area is 171 Å². The Bertz CT molecular complexity index is 1380. The number of benzene rings is 3. The van der Waals surface area contributed by atoms with Gasteiger partial charge in [-0.25, -0.2) is 4.98 Å².